The minimum Gasteiger partial charge on any atom is -0.481 e. The Morgan fingerprint density at radius 1 is 1.79 bits per heavy atom. The van der Waals surface area contributed by atoms with Crippen LogP contribution in [0, 0.1) is 0 Å². The maximum absolute atomic E-state index is 10.9. The van der Waals surface area contributed by atoms with Gasteiger partial charge < -0.3 is 5.11 Å². The zero-order valence-electron chi connectivity index (χ0n) is 8.23. The molecule has 1 aromatic heterocycles. The van der Waals surface area contributed by atoms with Gasteiger partial charge in [0, 0.05) is 12.2 Å². The summed E-state index contributed by atoms with van der Waals surface area (Å²) in [6, 6.07) is 1.94. The monoisotopic (exact) mass is 194 g/mol. The topological polar surface area (TPSA) is 55.1 Å². The second kappa shape index (κ2) is 3.44. The highest BCUT2D eigenvalue weighted by molar-refractivity contribution is 5.75. The molecule has 0 spiro atoms. The first kappa shape index (κ1) is 9.24. The molecule has 2 rings (SSSR count). The molecule has 0 saturated carbocycles. The van der Waals surface area contributed by atoms with E-state index >= 15 is 0 Å². The summed E-state index contributed by atoms with van der Waals surface area (Å²) in [5, 5.41) is 13.3. The third kappa shape index (κ3) is 1.41. The lowest BCUT2D eigenvalue weighted by Gasteiger charge is -2.05. The molecule has 0 radical (unpaired) electrons. The fraction of sp³-hybridized carbons (Fsp3) is 0.600. The Hall–Kier alpha value is -1.32. The lowest BCUT2D eigenvalue weighted by Crippen LogP contribution is -2.11. The van der Waals surface area contributed by atoms with E-state index in [4.69, 9.17) is 5.11 Å². The quantitative estimate of drug-likeness (QED) is 0.791. The summed E-state index contributed by atoms with van der Waals surface area (Å²) < 4.78 is 1.93. The van der Waals surface area contributed by atoms with Crippen LogP contribution >= 0.6 is 0 Å². The van der Waals surface area contributed by atoms with E-state index in [1.807, 2.05) is 17.7 Å². The highest BCUT2D eigenvalue weighted by Crippen LogP contribution is 2.23. The van der Waals surface area contributed by atoms with Crippen LogP contribution in [0.25, 0.3) is 0 Å². The molecule has 1 N–H and O–H groups in total. The van der Waals surface area contributed by atoms with Gasteiger partial charge in [-0.25, -0.2) is 0 Å². The molecule has 2 heterocycles. The third-order valence-electron chi connectivity index (χ3n) is 2.75. The van der Waals surface area contributed by atoms with Crippen molar-refractivity contribution in [3.8, 4) is 0 Å². The number of fused-ring (bicyclic) bond motifs is 1. The first-order valence-electron chi connectivity index (χ1n) is 5.01. The summed E-state index contributed by atoms with van der Waals surface area (Å²) in [5.74, 6) is -1.21. The van der Waals surface area contributed by atoms with E-state index in [2.05, 4.69) is 5.10 Å². The number of aromatic nitrogens is 2. The van der Waals surface area contributed by atoms with E-state index < -0.39 is 11.9 Å². The number of nitrogens with zero attached hydrogens (tertiary/aromatic N) is 2. The molecule has 1 aliphatic heterocycles. The van der Waals surface area contributed by atoms with Crippen molar-refractivity contribution in [3.05, 3.63) is 17.5 Å². The smallest absolute Gasteiger partial charge is 0.312 e. The van der Waals surface area contributed by atoms with Crippen LogP contribution in [0.1, 0.15) is 37.1 Å². The van der Waals surface area contributed by atoms with Crippen LogP contribution in [0.15, 0.2) is 6.07 Å². The van der Waals surface area contributed by atoms with Crippen LogP contribution in [0.4, 0.5) is 0 Å². The van der Waals surface area contributed by atoms with Gasteiger partial charge in [-0.15, -0.1) is 0 Å². The van der Waals surface area contributed by atoms with Gasteiger partial charge in [-0.3, -0.25) is 9.48 Å². The molecule has 14 heavy (non-hydrogen) atoms. The van der Waals surface area contributed by atoms with E-state index in [-0.39, 0.29) is 0 Å². The van der Waals surface area contributed by atoms with Gasteiger partial charge in [-0.1, -0.05) is 6.92 Å². The predicted octanol–water partition coefficient (Wildman–Crippen LogP) is 1.41. The molecule has 4 nitrogen and oxygen atoms in total. The predicted molar refractivity (Wildman–Crippen MR) is 51.2 cm³/mol. The normalized spacial score (nSPS) is 16.6. The first-order valence-corrected chi connectivity index (χ1v) is 5.01. The number of hydrogen-bond donors (Lipinski definition) is 1. The Bertz CT molecular complexity index is 336. The maximum Gasteiger partial charge on any atom is 0.312 e. The Kier molecular flexibility index (Phi) is 2.27. The van der Waals surface area contributed by atoms with Crippen molar-refractivity contribution < 1.29 is 9.90 Å². The Morgan fingerprint density at radius 3 is 3.14 bits per heavy atom. The fourth-order valence-corrected chi connectivity index (χ4v) is 1.96. The van der Waals surface area contributed by atoms with Gasteiger partial charge in [0.05, 0.1) is 5.69 Å². The molecular weight excluding hydrogens is 180 g/mol. The number of carboxylic acids is 1. The van der Waals surface area contributed by atoms with Crippen molar-refractivity contribution in [3.63, 3.8) is 0 Å². The zero-order chi connectivity index (χ0) is 10.1. The first-order chi connectivity index (χ1) is 6.72. The molecule has 0 amide bonds. The van der Waals surface area contributed by atoms with Crippen molar-refractivity contribution in [1.82, 2.24) is 9.78 Å². The van der Waals surface area contributed by atoms with Crippen LogP contribution in [-0.2, 0) is 17.8 Å². The highest BCUT2D eigenvalue weighted by Gasteiger charge is 2.23. The summed E-state index contributed by atoms with van der Waals surface area (Å²) >= 11 is 0. The average Bonchev–Trinajstić information content (AvgIpc) is 2.63. The van der Waals surface area contributed by atoms with Crippen molar-refractivity contribution in [1.29, 1.82) is 0 Å². The molecule has 0 fully saturated rings. The molecule has 0 aliphatic carbocycles. The Balaban J connectivity index is 2.27. The minimum atomic E-state index is -0.774. The van der Waals surface area contributed by atoms with Gasteiger partial charge in [0.1, 0.15) is 5.92 Å². The minimum absolute atomic E-state index is 0.437. The molecule has 76 valence electrons. The highest BCUT2D eigenvalue weighted by atomic mass is 16.4. The third-order valence-corrected chi connectivity index (χ3v) is 2.75. The molecule has 1 aliphatic rings. The summed E-state index contributed by atoms with van der Waals surface area (Å²) in [5.41, 5.74) is 1.90. The number of hydrogen-bond acceptors (Lipinski definition) is 2. The number of rotatable bonds is 3. The molecular formula is C10H14N2O2. The van der Waals surface area contributed by atoms with E-state index in [0.717, 1.165) is 25.1 Å². The van der Waals surface area contributed by atoms with Crippen LogP contribution in [0.5, 0.6) is 0 Å². The fourth-order valence-electron chi connectivity index (χ4n) is 1.96. The largest absolute Gasteiger partial charge is 0.481 e. The molecule has 0 bridgehead atoms. The standard InChI is InChI=1S/C10H14N2O2/c1-2-8(10(13)14)9-6-7-4-3-5-12(7)11-9/h6,8H,2-5H2,1H3,(H,13,14). The maximum atomic E-state index is 10.9. The number of carboxylic acid groups (broad SMARTS) is 1. The van der Waals surface area contributed by atoms with Crippen LogP contribution < -0.4 is 0 Å². The van der Waals surface area contributed by atoms with Gasteiger partial charge in [-0.2, -0.15) is 5.10 Å². The zero-order valence-corrected chi connectivity index (χ0v) is 8.23. The molecule has 1 unspecified atom stereocenters. The average molecular weight is 194 g/mol. The van der Waals surface area contributed by atoms with Gasteiger partial charge >= 0.3 is 5.97 Å². The van der Waals surface area contributed by atoms with E-state index in [0.29, 0.717) is 6.42 Å². The SMILES string of the molecule is CCC(C(=O)O)c1cc2n(n1)CCC2. The summed E-state index contributed by atoms with van der Waals surface area (Å²) in [7, 11) is 0. The lowest BCUT2D eigenvalue weighted by molar-refractivity contribution is -0.138. The van der Waals surface area contributed by atoms with Crippen molar-refractivity contribution in [2.24, 2.45) is 0 Å². The summed E-state index contributed by atoms with van der Waals surface area (Å²) in [6.07, 6.45) is 2.77. The van der Waals surface area contributed by atoms with Gasteiger partial charge in [0.15, 0.2) is 0 Å². The number of aryl methyl sites for hydroxylation is 2. The molecule has 0 saturated heterocycles. The van der Waals surface area contributed by atoms with Gasteiger partial charge in [0.25, 0.3) is 0 Å². The van der Waals surface area contributed by atoms with Gasteiger partial charge in [-0.05, 0) is 25.3 Å². The molecule has 1 aromatic rings. The second-order valence-corrected chi connectivity index (χ2v) is 3.69. The molecule has 4 heteroatoms. The second-order valence-electron chi connectivity index (χ2n) is 3.69. The number of carbonyl (C=O) groups is 1. The molecule has 1 atom stereocenters. The molecule has 0 aromatic carbocycles. The van der Waals surface area contributed by atoms with Gasteiger partial charge in [0.2, 0.25) is 0 Å². The van der Waals surface area contributed by atoms with Crippen LogP contribution in [-0.4, -0.2) is 20.9 Å². The summed E-state index contributed by atoms with van der Waals surface area (Å²) in [6.45, 7) is 2.81. The van der Waals surface area contributed by atoms with E-state index in [9.17, 15) is 4.79 Å². The van der Waals surface area contributed by atoms with Crippen LogP contribution in [0.2, 0.25) is 0 Å². The van der Waals surface area contributed by atoms with E-state index in [1.54, 1.807) is 0 Å². The lowest BCUT2D eigenvalue weighted by atomic mass is 10.0. The van der Waals surface area contributed by atoms with Crippen molar-refractivity contribution in [2.75, 3.05) is 0 Å². The van der Waals surface area contributed by atoms with E-state index in [1.165, 1.54) is 5.69 Å². The van der Waals surface area contributed by atoms with Crippen molar-refractivity contribution >= 4 is 5.97 Å². The van der Waals surface area contributed by atoms with Crippen LogP contribution in [0.3, 0.4) is 0 Å². The number of aliphatic carboxylic acids is 1. The van der Waals surface area contributed by atoms with Crippen molar-refractivity contribution in [2.45, 2.75) is 38.6 Å². The Morgan fingerprint density at radius 2 is 2.57 bits per heavy atom. The Labute approximate surface area is 82.5 Å². The summed E-state index contributed by atoms with van der Waals surface area (Å²) in [4.78, 5) is 10.9.